The lowest BCUT2D eigenvalue weighted by atomic mass is 10.2. The summed E-state index contributed by atoms with van der Waals surface area (Å²) in [5, 5.41) is 3.10. The summed E-state index contributed by atoms with van der Waals surface area (Å²) >= 11 is 6.04. The van der Waals surface area contributed by atoms with Crippen molar-refractivity contribution in [1.29, 1.82) is 0 Å². The number of hydrogen-bond acceptors (Lipinski definition) is 4. The van der Waals surface area contributed by atoms with Gasteiger partial charge in [0.15, 0.2) is 0 Å². The SMILES string of the molecule is CNc1ncccc1S(=O)(=O)Nc1ccc(C)cc1Cl. The van der Waals surface area contributed by atoms with Gasteiger partial charge in [-0.15, -0.1) is 0 Å². The van der Waals surface area contributed by atoms with E-state index in [1.54, 1.807) is 31.3 Å². The smallest absolute Gasteiger partial charge is 0.265 e. The van der Waals surface area contributed by atoms with Crippen LogP contribution < -0.4 is 10.0 Å². The molecule has 0 saturated heterocycles. The molecule has 0 aliphatic heterocycles. The van der Waals surface area contributed by atoms with Crippen LogP contribution in [0.4, 0.5) is 11.5 Å². The summed E-state index contributed by atoms with van der Waals surface area (Å²) in [7, 11) is -2.14. The van der Waals surface area contributed by atoms with Crippen LogP contribution in [0.5, 0.6) is 0 Å². The average Bonchev–Trinajstić information content (AvgIpc) is 2.42. The third-order valence-electron chi connectivity index (χ3n) is 2.67. The van der Waals surface area contributed by atoms with Crippen molar-refractivity contribution in [3.05, 3.63) is 47.1 Å². The number of nitrogens with zero attached hydrogens (tertiary/aromatic N) is 1. The number of sulfonamides is 1. The summed E-state index contributed by atoms with van der Waals surface area (Å²) in [6.45, 7) is 1.88. The predicted octanol–water partition coefficient (Wildman–Crippen LogP) is 2.89. The maximum absolute atomic E-state index is 12.4. The number of aromatic nitrogens is 1. The first-order valence-corrected chi connectivity index (χ1v) is 7.72. The van der Waals surface area contributed by atoms with Gasteiger partial charge in [0, 0.05) is 13.2 Å². The number of benzene rings is 1. The fraction of sp³-hybridized carbons (Fsp3) is 0.154. The molecule has 2 aromatic rings. The summed E-state index contributed by atoms with van der Waals surface area (Å²) in [5.41, 5.74) is 1.29. The Morgan fingerprint density at radius 3 is 2.65 bits per heavy atom. The molecule has 7 heteroatoms. The number of hydrogen-bond donors (Lipinski definition) is 2. The van der Waals surface area contributed by atoms with E-state index < -0.39 is 10.0 Å². The van der Waals surface area contributed by atoms with Crippen molar-refractivity contribution >= 4 is 33.1 Å². The van der Waals surface area contributed by atoms with Crippen molar-refractivity contribution < 1.29 is 8.42 Å². The van der Waals surface area contributed by atoms with Crippen LogP contribution in [0.1, 0.15) is 5.56 Å². The molecule has 20 heavy (non-hydrogen) atoms. The van der Waals surface area contributed by atoms with E-state index >= 15 is 0 Å². The molecule has 0 saturated carbocycles. The molecule has 0 amide bonds. The van der Waals surface area contributed by atoms with Gasteiger partial charge in [0.1, 0.15) is 10.7 Å². The van der Waals surface area contributed by atoms with Gasteiger partial charge in [0.05, 0.1) is 10.7 Å². The molecule has 5 nitrogen and oxygen atoms in total. The van der Waals surface area contributed by atoms with Gasteiger partial charge in [-0.1, -0.05) is 17.7 Å². The average molecular weight is 312 g/mol. The van der Waals surface area contributed by atoms with Crippen molar-refractivity contribution in [2.24, 2.45) is 0 Å². The van der Waals surface area contributed by atoms with Crippen molar-refractivity contribution in [3.8, 4) is 0 Å². The monoisotopic (exact) mass is 311 g/mol. The van der Waals surface area contributed by atoms with Crippen molar-refractivity contribution in [3.63, 3.8) is 0 Å². The molecule has 1 aromatic carbocycles. The number of halogens is 1. The van der Waals surface area contributed by atoms with E-state index in [1.165, 1.54) is 12.3 Å². The van der Waals surface area contributed by atoms with Gasteiger partial charge < -0.3 is 5.32 Å². The highest BCUT2D eigenvalue weighted by Crippen LogP contribution is 2.27. The molecule has 0 spiro atoms. The zero-order valence-corrected chi connectivity index (χ0v) is 12.6. The largest absolute Gasteiger partial charge is 0.372 e. The summed E-state index contributed by atoms with van der Waals surface area (Å²) in [6, 6.07) is 8.15. The van der Waals surface area contributed by atoms with Crippen LogP contribution in [0.3, 0.4) is 0 Å². The number of pyridine rings is 1. The van der Waals surface area contributed by atoms with E-state index in [1.807, 2.05) is 6.92 Å². The van der Waals surface area contributed by atoms with E-state index in [9.17, 15) is 8.42 Å². The molecule has 0 bridgehead atoms. The molecule has 0 fully saturated rings. The molecule has 2 N–H and O–H groups in total. The van der Waals surface area contributed by atoms with Crippen LogP contribution in [0, 0.1) is 6.92 Å². The zero-order valence-electron chi connectivity index (χ0n) is 11.0. The highest BCUT2D eigenvalue weighted by Gasteiger charge is 2.19. The lowest BCUT2D eigenvalue weighted by Crippen LogP contribution is -2.15. The third-order valence-corrected chi connectivity index (χ3v) is 4.38. The quantitative estimate of drug-likeness (QED) is 0.911. The Labute approximate surface area is 123 Å². The second-order valence-electron chi connectivity index (χ2n) is 4.19. The van der Waals surface area contributed by atoms with E-state index in [0.717, 1.165) is 5.56 Å². The molecule has 0 unspecified atom stereocenters. The van der Waals surface area contributed by atoms with Crippen LogP contribution in [-0.2, 0) is 10.0 Å². The highest BCUT2D eigenvalue weighted by atomic mass is 35.5. The molecular weight excluding hydrogens is 298 g/mol. The molecule has 0 aliphatic rings. The van der Waals surface area contributed by atoms with Gasteiger partial charge in [-0.3, -0.25) is 4.72 Å². The minimum atomic E-state index is -3.75. The van der Waals surface area contributed by atoms with Crippen LogP contribution in [0.2, 0.25) is 5.02 Å². The lowest BCUT2D eigenvalue weighted by molar-refractivity contribution is 0.601. The molecule has 0 radical (unpaired) electrons. The molecule has 1 heterocycles. The van der Waals surface area contributed by atoms with E-state index in [-0.39, 0.29) is 10.7 Å². The minimum Gasteiger partial charge on any atom is -0.372 e. The molecule has 106 valence electrons. The number of anilines is 2. The fourth-order valence-electron chi connectivity index (χ4n) is 1.70. The first kappa shape index (κ1) is 14.6. The van der Waals surface area contributed by atoms with Crippen molar-refractivity contribution in [1.82, 2.24) is 4.98 Å². The molecule has 1 aromatic heterocycles. The maximum Gasteiger partial charge on any atom is 0.265 e. The second kappa shape index (κ2) is 5.68. The number of nitrogens with one attached hydrogen (secondary N) is 2. The fourth-order valence-corrected chi connectivity index (χ4v) is 3.28. The Morgan fingerprint density at radius 1 is 1.25 bits per heavy atom. The van der Waals surface area contributed by atoms with Gasteiger partial charge in [-0.05, 0) is 36.8 Å². The predicted molar refractivity (Wildman–Crippen MR) is 80.8 cm³/mol. The van der Waals surface area contributed by atoms with E-state index in [0.29, 0.717) is 10.7 Å². The van der Waals surface area contributed by atoms with Gasteiger partial charge in [-0.2, -0.15) is 0 Å². The van der Waals surface area contributed by atoms with Crippen LogP contribution in [0.25, 0.3) is 0 Å². The standard InChI is InChI=1S/C13H14ClN3O2S/c1-9-5-6-11(10(14)8-9)17-20(18,19)12-4-3-7-16-13(12)15-2/h3-8,17H,1-2H3,(H,15,16). The Balaban J connectivity index is 2.41. The lowest BCUT2D eigenvalue weighted by Gasteiger charge is -2.12. The Bertz CT molecular complexity index is 732. The van der Waals surface area contributed by atoms with Crippen LogP contribution in [-0.4, -0.2) is 20.4 Å². The summed E-state index contributed by atoms with van der Waals surface area (Å²) < 4.78 is 27.2. The Kier molecular flexibility index (Phi) is 4.15. The van der Waals surface area contributed by atoms with Crippen molar-refractivity contribution in [2.75, 3.05) is 17.1 Å². The van der Waals surface area contributed by atoms with Gasteiger partial charge in [0.2, 0.25) is 0 Å². The normalized spacial score (nSPS) is 11.2. The van der Waals surface area contributed by atoms with Gasteiger partial charge >= 0.3 is 0 Å². The van der Waals surface area contributed by atoms with Crippen LogP contribution >= 0.6 is 11.6 Å². The van der Waals surface area contributed by atoms with Crippen LogP contribution in [0.15, 0.2) is 41.4 Å². The minimum absolute atomic E-state index is 0.0686. The number of aryl methyl sites for hydroxylation is 1. The zero-order chi connectivity index (χ0) is 14.8. The Hall–Kier alpha value is -1.79. The molecule has 2 rings (SSSR count). The maximum atomic E-state index is 12.4. The summed E-state index contributed by atoms with van der Waals surface area (Å²) in [6.07, 6.45) is 1.52. The molecular formula is C13H14ClN3O2S. The topological polar surface area (TPSA) is 71.1 Å². The summed E-state index contributed by atoms with van der Waals surface area (Å²) in [4.78, 5) is 4.05. The van der Waals surface area contributed by atoms with Gasteiger partial charge in [-0.25, -0.2) is 13.4 Å². The third kappa shape index (κ3) is 3.02. The van der Waals surface area contributed by atoms with Crippen molar-refractivity contribution in [2.45, 2.75) is 11.8 Å². The molecule has 0 atom stereocenters. The first-order valence-electron chi connectivity index (χ1n) is 5.86. The number of rotatable bonds is 4. The second-order valence-corrected chi connectivity index (χ2v) is 6.25. The Morgan fingerprint density at radius 2 is 2.00 bits per heavy atom. The van der Waals surface area contributed by atoms with E-state index in [2.05, 4.69) is 15.0 Å². The van der Waals surface area contributed by atoms with Gasteiger partial charge in [0.25, 0.3) is 10.0 Å². The first-order chi connectivity index (χ1) is 9.44. The summed E-state index contributed by atoms with van der Waals surface area (Å²) in [5.74, 6) is 0.281. The highest BCUT2D eigenvalue weighted by molar-refractivity contribution is 7.92. The molecule has 0 aliphatic carbocycles. The van der Waals surface area contributed by atoms with E-state index in [4.69, 9.17) is 11.6 Å².